The first kappa shape index (κ1) is 24.4. The van der Waals surface area contributed by atoms with Crippen molar-refractivity contribution in [3.05, 3.63) is 94.4 Å². The monoisotopic (exact) mass is 500 g/mol. The Morgan fingerprint density at radius 3 is 2.43 bits per heavy atom. The summed E-state index contributed by atoms with van der Waals surface area (Å²) >= 11 is 0. The maximum Gasteiger partial charge on any atom is 0.288 e. The summed E-state index contributed by atoms with van der Waals surface area (Å²) in [6.07, 6.45) is 4.80. The molecule has 0 fully saturated rings. The van der Waals surface area contributed by atoms with E-state index in [0.717, 1.165) is 29.1 Å². The van der Waals surface area contributed by atoms with E-state index in [2.05, 4.69) is 28.8 Å². The Labute approximate surface area is 212 Å². The zero-order valence-corrected chi connectivity index (χ0v) is 21.0. The van der Waals surface area contributed by atoms with Gasteiger partial charge in [-0.3, -0.25) is 14.3 Å². The number of nitrogens with zero attached hydrogens (tertiary/aromatic N) is 6. The van der Waals surface area contributed by atoms with Crippen LogP contribution in [-0.4, -0.2) is 29.1 Å². The Morgan fingerprint density at radius 2 is 1.76 bits per heavy atom. The van der Waals surface area contributed by atoms with Crippen LogP contribution in [0, 0.1) is 0 Å². The van der Waals surface area contributed by atoms with Crippen LogP contribution in [0.5, 0.6) is 0 Å². The van der Waals surface area contributed by atoms with E-state index in [1.165, 1.54) is 12.3 Å². The molecule has 0 saturated heterocycles. The van der Waals surface area contributed by atoms with E-state index in [9.17, 15) is 13.6 Å². The lowest BCUT2D eigenvalue weighted by Gasteiger charge is -2.13. The molecule has 0 saturated carbocycles. The molecule has 4 aromatic heterocycles. The van der Waals surface area contributed by atoms with Crippen molar-refractivity contribution in [2.45, 2.75) is 39.2 Å². The lowest BCUT2D eigenvalue weighted by Crippen LogP contribution is -2.21. The smallest absolute Gasteiger partial charge is 0.288 e. The van der Waals surface area contributed by atoms with Crippen LogP contribution >= 0.6 is 0 Å². The van der Waals surface area contributed by atoms with Gasteiger partial charge in [-0.2, -0.15) is 8.78 Å². The van der Waals surface area contributed by atoms with Crippen LogP contribution in [0.3, 0.4) is 0 Å². The second kappa shape index (κ2) is 9.31. The summed E-state index contributed by atoms with van der Waals surface area (Å²) in [7, 11) is 1.69. The van der Waals surface area contributed by atoms with Crippen LogP contribution in [-0.2, 0) is 19.5 Å². The lowest BCUT2D eigenvalue weighted by molar-refractivity contribution is 0.0131. The number of hydrogen-bond acceptors (Lipinski definition) is 5. The molecule has 7 nitrogen and oxygen atoms in total. The zero-order valence-electron chi connectivity index (χ0n) is 21.0. The van der Waals surface area contributed by atoms with E-state index in [4.69, 9.17) is 4.98 Å². The van der Waals surface area contributed by atoms with Crippen molar-refractivity contribution in [3.8, 4) is 22.8 Å². The second-order valence-corrected chi connectivity index (χ2v) is 9.47. The Balaban J connectivity index is 1.51. The summed E-state index contributed by atoms with van der Waals surface area (Å²) < 4.78 is 30.6. The molecule has 0 radical (unpaired) electrons. The van der Waals surface area contributed by atoms with Gasteiger partial charge in [0.15, 0.2) is 5.82 Å². The Bertz CT molecular complexity index is 1650. The second-order valence-electron chi connectivity index (χ2n) is 9.47. The van der Waals surface area contributed by atoms with Crippen molar-refractivity contribution in [2.24, 2.45) is 7.05 Å². The van der Waals surface area contributed by atoms with Gasteiger partial charge >= 0.3 is 0 Å². The van der Waals surface area contributed by atoms with Crippen LogP contribution in [0.15, 0.2) is 71.9 Å². The van der Waals surface area contributed by atoms with Gasteiger partial charge < -0.3 is 4.57 Å². The van der Waals surface area contributed by atoms with Gasteiger partial charge in [-0.25, -0.2) is 15.0 Å². The maximum atomic E-state index is 13.7. The van der Waals surface area contributed by atoms with E-state index < -0.39 is 5.92 Å². The molecule has 1 aromatic carbocycles. The largest absolute Gasteiger partial charge is 0.334 e. The molecule has 37 heavy (non-hydrogen) atoms. The molecular formula is C28H26F2N6O. The number of benzene rings is 1. The van der Waals surface area contributed by atoms with Gasteiger partial charge in [-0.1, -0.05) is 38.1 Å². The summed E-state index contributed by atoms with van der Waals surface area (Å²) in [5.41, 5.74) is 3.35. The summed E-state index contributed by atoms with van der Waals surface area (Å²) in [4.78, 5) is 30.8. The van der Waals surface area contributed by atoms with Crippen molar-refractivity contribution >= 4 is 11.0 Å². The first-order chi connectivity index (χ1) is 17.6. The molecule has 0 spiro atoms. The predicted octanol–water partition coefficient (Wildman–Crippen LogP) is 5.54. The van der Waals surface area contributed by atoms with Gasteiger partial charge in [-0.05, 0) is 29.7 Å². The highest BCUT2D eigenvalue weighted by molar-refractivity contribution is 5.76. The number of aromatic nitrogens is 6. The minimum atomic E-state index is -3.02. The molecule has 9 heteroatoms. The Morgan fingerprint density at radius 1 is 1.00 bits per heavy atom. The molecule has 5 rings (SSSR count). The van der Waals surface area contributed by atoms with Crippen molar-refractivity contribution in [2.75, 3.05) is 0 Å². The molecule has 0 amide bonds. The molecule has 0 aliphatic carbocycles. The highest BCUT2D eigenvalue weighted by Gasteiger charge is 2.28. The fourth-order valence-electron chi connectivity index (χ4n) is 4.31. The van der Waals surface area contributed by atoms with Crippen LogP contribution in [0.25, 0.3) is 33.8 Å². The third kappa shape index (κ3) is 4.76. The fraction of sp³-hybridized carbons (Fsp3) is 0.250. The quantitative estimate of drug-likeness (QED) is 0.306. The first-order valence-corrected chi connectivity index (χ1v) is 11.9. The first-order valence-electron chi connectivity index (χ1n) is 11.9. The number of imidazole rings is 1. The summed E-state index contributed by atoms with van der Waals surface area (Å²) in [6, 6.07) is 14.4. The van der Waals surface area contributed by atoms with Gasteiger partial charge in [0.1, 0.15) is 17.2 Å². The van der Waals surface area contributed by atoms with E-state index in [1.807, 2.05) is 36.4 Å². The molecule has 0 N–H and O–H groups in total. The molecule has 0 atom stereocenters. The fourth-order valence-corrected chi connectivity index (χ4v) is 4.31. The molecule has 0 aliphatic heterocycles. The van der Waals surface area contributed by atoms with E-state index in [1.54, 1.807) is 34.6 Å². The standard InChI is InChI=1S/C28H26F2N6O/c1-17(2)24-21(6-5-13-31-24)25-32-14-20-11-12-23(37)36(27(20)34-25)15-18-7-9-19(10-8-18)26-33-22(16-35(26)4)28(3,29)30/h5-14,16-17H,15H2,1-4H3. The number of fused-ring (bicyclic) bond motifs is 1. The predicted molar refractivity (Wildman–Crippen MR) is 138 cm³/mol. The summed E-state index contributed by atoms with van der Waals surface area (Å²) in [5, 5.41) is 0.746. The minimum Gasteiger partial charge on any atom is -0.334 e. The average molecular weight is 501 g/mol. The average Bonchev–Trinajstić information content (AvgIpc) is 3.28. The number of alkyl halides is 2. The molecule has 4 heterocycles. The van der Waals surface area contributed by atoms with Gasteiger partial charge in [0.05, 0.1) is 12.2 Å². The van der Waals surface area contributed by atoms with Crippen LogP contribution < -0.4 is 5.56 Å². The zero-order chi connectivity index (χ0) is 26.3. The van der Waals surface area contributed by atoms with Crippen molar-refractivity contribution in [1.82, 2.24) is 29.1 Å². The highest BCUT2D eigenvalue weighted by atomic mass is 19.3. The highest BCUT2D eigenvalue weighted by Crippen LogP contribution is 2.29. The van der Waals surface area contributed by atoms with Gasteiger partial charge in [0.25, 0.3) is 11.5 Å². The van der Waals surface area contributed by atoms with Crippen LogP contribution in [0.1, 0.15) is 43.6 Å². The third-order valence-corrected chi connectivity index (χ3v) is 6.23. The van der Waals surface area contributed by atoms with Crippen molar-refractivity contribution in [3.63, 3.8) is 0 Å². The molecule has 0 bridgehead atoms. The minimum absolute atomic E-state index is 0.185. The number of rotatable bonds is 6. The molecule has 0 aliphatic rings. The van der Waals surface area contributed by atoms with Crippen molar-refractivity contribution in [1.29, 1.82) is 0 Å². The topological polar surface area (TPSA) is 78.5 Å². The maximum absolute atomic E-state index is 13.7. The number of halogens is 2. The van der Waals surface area contributed by atoms with Crippen LogP contribution in [0.2, 0.25) is 0 Å². The SMILES string of the molecule is CC(C)c1ncccc1-c1ncc2ccc(=O)n(Cc3ccc(-c4nc(C(C)(F)F)cn4C)cc3)c2n1. The number of pyridine rings is 2. The van der Waals surface area contributed by atoms with E-state index in [0.29, 0.717) is 22.9 Å². The number of hydrogen-bond donors (Lipinski definition) is 0. The summed E-state index contributed by atoms with van der Waals surface area (Å²) in [5.74, 6) is -1.87. The molecule has 5 aromatic rings. The normalized spacial score (nSPS) is 12.0. The van der Waals surface area contributed by atoms with Crippen LogP contribution in [0.4, 0.5) is 8.78 Å². The van der Waals surface area contributed by atoms with E-state index in [-0.39, 0.29) is 23.7 Å². The molecular weight excluding hydrogens is 474 g/mol. The summed E-state index contributed by atoms with van der Waals surface area (Å²) in [6.45, 7) is 5.24. The van der Waals surface area contributed by atoms with Gasteiger partial charge in [0.2, 0.25) is 0 Å². The van der Waals surface area contributed by atoms with Gasteiger partial charge in [0, 0.05) is 55.1 Å². The molecule has 0 unspecified atom stereocenters. The lowest BCUT2D eigenvalue weighted by atomic mass is 10.0. The van der Waals surface area contributed by atoms with Gasteiger partial charge in [-0.15, -0.1) is 0 Å². The van der Waals surface area contributed by atoms with Crippen molar-refractivity contribution < 1.29 is 8.78 Å². The third-order valence-electron chi connectivity index (χ3n) is 6.23. The van der Waals surface area contributed by atoms with E-state index >= 15 is 0 Å². The number of aryl methyl sites for hydroxylation is 1. The Kier molecular flexibility index (Phi) is 6.15. The molecule has 188 valence electrons. The Hall–Kier alpha value is -4.27.